The zero-order chi connectivity index (χ0) is 13.0. The number of para-hydroxylation sites is 1. The molecule has 1 aliphatic rings. The second-order valence-corrected chi connectivity index (χ2v) is 4.87. The van der Waals surface area contributed by atoms with Crippen LogP contribution in [-0.2, 0) is 16.0 Å². The van der Waals surface area contributed by atoms with Crippen molar-refractivity contribution >= 4 is 11.7 Å². The molecule has 0 saturated carbocycles. The fourth-order valence-corrected chi connectivity index (χ4v) is 2.18. The average molecular weight is 248 g/mol. The van der Waals surface area contributed by atoms with Crippen LogP contribution in [0.1, 0.15) is 18.4 Å². The summed E-state index contributed by atoms with van der Waals surface area (Å²) in [6, 6.07) is 7.42. The Morgan fingerprint density at radius 1 is 1.39 bits per heavy atom. The van der Waals surface area contributed by atoms with Gasteiger partial charge >= 0.3 is 5.97 Å². The molecule has 1 heterocycles. The van der Waals surface area contributed by atoms with Crippen molar-refractivity contribution in [2.24, 2.45) is 0 Å². The second kappa shape index (κ2) is 5.87. The predicted octanol–water partition coefficient (Wildman–Crippen LogP) is 1.45. The third kappa shape index (κ3) is 3.47. The van der Waals surface area contributed by atoms with Crippen molar-refractivity contribution in [3.8, 4) is 0 Å². The number of benzene rings is 1. The van der Waals surface area contributed by atoms with Gasteiger partial charge in [0.2, 0.25) is 0 Å². The Hall–Kier alpha value is -1.55. The highest BCUT2D eigenvalue weighted by Crippen LogP contribution is 2.15. The standard InChI is InChI=1S/C14H20N2O2/c1-16-8-6-12(7-9-16)18-14(17)10-11-4-2-3-5-13(11)15/h2-5,12H,6-10,15H2,1H3. The van der Waals surface area contributed by atoms with E-state index in [0.29, 0.717) is 5.69 Å². The van der Waals surface area contributed by atoms with E-state index in [0.717, 1.165) is 31.5 Å². The maximum atomic E-state index is 11.8. The summed E-state index contributed by atoms with van der Waals surface area (Å²) in [5, 5.41) is 0. The molecule has 1 aromatic rings. The number of hydrogen-bond donors (Lipinski definition) is 1. The molecule has 1 aliphatic heterocycles. The van der Waals surface area contributed by atoms with E-state index in [1.807, 2.05) is 18.2 Å². The lowest BCUT2D eigenvalue weighted by Gasteiger charge is -2.28. The molecular formula is C14H20N2O2. The summed E-state index contributed by atoms with van der Waals surface area (Å²) in [6.45, 7) is 1.98. The SMILES string of the molecule is CN1CCC(OC(=O)Cc2ccccc2N)CC1. The summed E-state index contributed by atoms with van der Waals surface area (Å²) < 4.78 is 5.48. The van der Waals surface area contributed by atoms with Gasteiger partial charge in [0.1, 0.15) is 6.10 Å². The van der Waals surface area contributed by atoms with E-state index >= 15 is 0 Å². The predicted molar refractivity (Wildman–Crippen MR) is 71.2 cm³/mol. The molecule has 1 aromatic carbocycles. The number of likely N-dealkylation sites (tertiary alicyclic amines) is 1. The van der Waals surface area contributed by atoms with E-state index in [2.05, 4.69) is 11.9 Å². The van der Waals surface area contributed by atoms with Crippen molar-refractivity contribution in [2.45, 2.75) is 25.4 Å². The largest absolute Gasteiger partial charge is 0.462 e. The minimum absolute atomic E-state index is 0.0682. The van der Waals surface area contributed by atoms with Crippen LogP contribution in [0.4, 0.5) is 5.69 Å². The Balaban J connectivity index is 1.84. The van der Waals surface area contributed by atoms with Crippen LogP contribution in [0.2, 0.25) is 0 Å². The molecule has 0 bridgehead atoms. The number of carbonyl (C=O) groups excluding carboxylic acids is 1. The summed E-state index contributed by atoms with van der Waals surface area (Å²) in [5.41, 5.74) is 7.30. The second-order valence-electron chi connectivity index (χ2n) is 4.87. The first kappa shape index (κ1) is 12.9. The van der Waals surface area contributed by atoms with Crippen LogP contribution >= 0.6 is 0 Å². The van der Waals surface area contributed by atoms with Crippen molar-refractivity contribution in [3.05, 3.63) is 29.8 Å². The first-order valence-corrected chi connectivity index (χ1v) is 6.36. The van der Waals surface area contributed by atoms with E-state index in [4.69, 9.17) is 10.5 Å². The van der Waals surface area contributed by atoms with Gasteiger partial charge in [0.05, 0.1) is 6.42 Å². The average Bonchev–Trinajstić information content (AvgIpc) is 2.35. The Morgan fingerprint density at radius 2 is 2.06 bits per heavy atom. The van der Waals surface area contributed by atoms with Crippen LogP contribution < -0.4 is 5.73 Å². The highest BCUT2D eigenvalue weighted by atomic mass is 16.5. The van der Waals surface area contributed by atoms with E-state index in [9.17, 15) is 4.79 Å². The number of ether oxygens (including phenoxy) is 1. The van der Waals surface area contributed by atoms with Crippen LogP contribution in [0.25, 0.3) is 0 Å². The van der Waals surface area contributed by atoms with Gasteiger partial charge in [0.25, 0.3) is 0 Å². The first-order valence-electron chi connectivity index (χ1n) is 6.36. The minimum Gasteiger partial charge on any atom is -0.462 e. The van der Waals surface area contributed by atoms with E-state index in [-0.39, 0.29) is 18.5 Å². The van der Waals surface area contributed by atoms with Crippen LogP contribution in [0.15, 0.2) is 24.3 Å². The summed E-state index contributed by atoms with van der Waals surface area (Å²) in [4.78, 5) is 14.1. The molecule has 4 heteroatoms. The number of nitrogen functional groups attached to an aromatic ring is 1. The van der Waals surface area contributed by atoms with Gasteiger partial charge in [-0.25, -0.2) is 0 Å². The molecule has 0 amide bonds. The van der Waals surface area contributed by atoms with Crippen molar-refractivity contribution in [3.63, 3.8) is 0 Å². The molecule has 2 rings (SSSR count). The Kier molecular flexibility index (Phi) is 4.20. The molecule has 18 heavy (non-hydrogen) atoms. The van der Waals surface area contributed by atoms with Crippen LogP contribution in [0, 0.1) is 0 Å². The quantitative estimate of drug-likeness (QED) is 0.650. The number of rotatable bonds is 3. The smallest absolute Gasteiger partial charge is 0.310 e. The number of nitrogens with two attached hydrogens (primary N) is 1. The maximum Gasteiger partial charge on any atom is 0.310 e. The summed E-state index contributed by atoms with van der Waals surface area (Å²) in [7, 11) is 2.09. The fraction of sp³-hybridized carbons (Fsp3) is 0.500. The highest BCUT2D eigenvalue weighted by Gasteiger charge is 2.20. The lowest BCUT2D eigenvalue weighted by atomic mass is 10.1. The molecule has 0 spiro atoms. The van der Waals surface area contributed by atoms with Gasteiger partial charge < -0.3 is 15.4 Å². The topological polar surface area (TPSA) is 55.6 Å². The minimum atomic E-state index is -0.178. The highest BCUT2D eigenvalue weighted by molar-refractivity contribution is 5.75. The number of piperidine rings is 1. The maximum absolute atomic E-state index is 11.8. The Bertz CT molecular complexity index is 412. The van der Waals surface area contributed by atoms with Gasteiger partial charge in [0, 0.05) is 18.8 Å². The number of anilines is 1. The van der Waals surface area contributed by atoms with Gasteiger partial charge in [-0.15, -0.1) is 0 Å². The molecule has 0 radical (unpaired) electrons. The summed E-state index contributed by atoms with van der Waals surface area (Å²) in [6.07, 6.45) is 2.18. The van der Waals surface area contributed by atoms with Gasteiger partial charge in [-0.05, 0) is 31.5 Å². The molecular weight excluding hydrogens is 228 g/mol. The van der Waals surface area contributed by atoms with E-state index in [1.165, 1.54) is 0 Å². The fourth-order valence-electron chi connectivity index (χ4n) is 2.18. The molecule has 98 valence electrons. The lowest BCUT2D eigenvalue weighted by Crippen LogP contribution is -2.35. The molecule has 1 fully saturated rings. The number of hydrogen-bond acceptors (Lipinski definition) is 4. The van der Waals surface area contributed by atoms with Crippen molar-refractivity contribution in [2.75, 3.05) is 25.9 Å². The molecule has 0 aromatic heterocycles. The monoisotopic (exact) mass is 248 g/mol. The zero-order valence-corrected chi connectivity index (χ0v) is 10.8. The molecule has 0 aliphatic carbocycles. The summed E-state index contributed by atoms with van der Waals surface area (Å²) in [5.74, 6) is -0.178. The molecule has 0 atom stereocenters. The number of esters is 1. The summed E-state index contributed by atoms with van der Waals surface area (Å²) >= 11 is 0. The zero-order valence-electron chi connectivity index (χ0n) is 10.8. The van der Waals surface area contributed by atoms with Crippen molar-refractivity contribution in [1.29, 1.82) is 0 Å². The normalized spacial score (nSPS) is 17.6. The van der Waals surface area contributed by atoms with E-state index in [1.54, 1.807) is 6.07 Å². The number of nitrogens with zero attached hydrogens (tertiary/aromatic N) is 1. The molecule has 1 saturated heterocycles. The third-order valence-corrected chi connectivity index (χ3v) is 3.35. The van der Waals surface area contributed by atoms with Gasteiger partial charge in [-0.3, -0.25) is 4.79 Å². The molecule has 4 nitrogen and oxygen atoms in total. The van der Waals surface area contributed by atoms with E-state index < -0.39 is 0 Å². The van der Waals surface area contributed by atoms with Crippen molar-refractivity contribution < 1.29 is 9.53 Å². The Morgan fingerprint density at radius 3 is 2.72 bits per heavy atom. The lowest BCUT2D eigenvalue weighted by molar-refractivity contribution is -0.150. The first-order chi connectivity index (χ1) is 8.65. The molecule has 2 N–H and O–H groups in total. The molecule has 0 unspecified atom stereocenters. The number of carbonyl (C=O) groups is 1. The Labute approximate surface area is 108 Å². The van der Waals surface area contributed by atoms with Gasteiger partial charge in [-0.2, -0.15) is 0 Å². The third-order valence-electron chi connectivity index (χ3n) is 3.35. The van der Waals surface area contributed by atoms with Crippen LogP contribution in [0.5, 0.6) is 0 Å². The van der Waals surface area contributed by atoms with Crippen molar-refractivity contribution in [1.82, 2.24) is 4.90 Å². The van der Waals surface area contributed by atoms with Gasteiger partial charge in [-0.1, -0.05) is 18.2 Å². The van der Waals surface area contributed by atoms with Crippen LogP contribution in [0.3, 0.4) is 0 Å². The van der Waals surface area contributed by atoms with Crippen LogP contribution in [-0.4, -0.2) is 37.1 Å². The van der Waals surface area contributed by atoms with Gasteiger partial charge in [0.15, 0.2) is 0 Å².